The summed E-state index contributed by atoms with van der Waals surface area (Å²) in [5, 5.41) is 6.98. The first-order valence-corrected chi connectivity index (χ1v) is 25.8. The third-order valence-electron chi connectivity index (χ3n) is 10.2. The van der Waals surface area contributed by atoms with Gasteiger partial charge in [0.1, 0.15) is 6.61 Å². The highest BCUT2D eigenvalue weighted by molar-refractivity contribution is 7.47. The Balaban J connectivity index is 4.63. The summed E-state index contributed by atoms with van der Waals surface area (Å²) >= 11 is 0. The SMILES string of the molecule is CCCCCCCC/C=C\CCCCCCCC(=O)OCC(COP(=O)(O)OCCNC(=O)CNC(=O)CNC(=O)CN)OC(=O)CCCCCCC/C=C\CCCCCCCC. The van der Waals surface area contributed by atoms with Gasteiger partial charge in [0, 0.05) is 19.4 Å². The minimum Gasteiger partial charge on any atom is -0.462 e. The Kier molecular flexibility index (Phi) is 41.9. The van der Waals surface area contributed by atoms with Crippen molar-refractivity contribution in [3.63, 3.8) is 0 Å². The summed E-state index contributed by atoms with van der Waals surface area (Å²) < 4.78 is 33.5. The lowest BCUT2D eigenvalue weighted by Crippen LogP contribution is -2.43. The number of phosphoric ester groups is 1. The van der Waals surface area contributed by atoms with Crippen LogP contribution in [0.1, 0.15) is 194 Å². The third kappa shape index (κ3) is 43.9. The van der Waals surface area contributed by atoms with Crippen LogP contribution in [0.4, 0.5) is 0 Å². The van der Waals surface area contributed by atoms with Crippen molar-refractivity contribution in [3.05, 3.63) is 24.3 Å². The van der Waals surface area contributed by atoms with Crippen LogP contribution < -0.4 is 21.7 Å². The molecule has 0 saturated heterocycles. The number of nitrogens with two attached hydrogens (primary N) is 1. The van der Waals surface area contributed by atoms with Gasteiger partial charge in [-0.3, -0.25) is 33.0 Å². The molecular weight excluding hydrogens is 828 g/mol. The molecule has 0 fully saturated rings. The van der Waals surface area contributed by atoms with Crippen LogP contribution in [0.25, 0.3) is 0 Å². The van der Waals surface area contributed by atoms with Gasteiger partial charge >= 0.3 is 19.8 Å². The largest absolute Gasteiger partial charge is 0.472 e. The molecule has 0 aliphatic carbocycles. The summed E-state index contributed by atoms with van der Waals surface area (Å²) in [7, 11) is -4.66. The van der Waals surface area contributed by atoms with Gasteiger partial charge < -0.3 is 36.1 Å². The number of amides is 3. The van der Waals surface area contributed by atoms with Crippen molar-refractivity contribution < 1.29 is 52.0 Å². The number of rotatable bonds is 45. The Morgan fingerprint density at radius 2 is 0.952 bits per heavy atom. The van der Waals surface area contributed by atoms with E-state index in [2.05, 4.69) is 54.1 Å². The molecule has 366 valence electrons. The molecule has 0 aromatic heterocycles. The number of allylic oxidation sites excluding steroid dienone is 4. The van der Waals surface area contributed by atoms with E-state index in [0.717, 1.165) is 77.0 Å². The smallest absolute Gasteiger partial charge is 0.462 e. The van der Waals surface area contributed by atoms with Crippen LogP contribution >= 0.6 is 7.82 Å². The lowest BCUT2D eigenvalue weighted by Gasteiger charge is -2.20. The molecule has 0 heterocycles. The van der Waals surface area contributed by atoms with Crippen molar-refractivity contribution in [1.29, 1.82) is 0 Å². The predicted octanol–water partition coefficient (Wildman–Crippen LogP) is 8.96. The first kappa shape index (κ1) is 59.9. The van der Waals surface area contributed by atoms with Gasteiger partial charge in [0.05, 0.1) is 32.8 Å². The fourth-order valence-corrected chi connectivity index (χ4v) is 7.17. The van der Waals surface area contributed by atoms with E-state index < -0.39 is 63.3 Å². The minimum absolute atomic E-state index is 0.146. The molecule has 0 bridgehead atoms. The minimum atomic E-state index is -4.66. The van der Waals surface area contributed by atoms with Gasteiger partial charge in [-0.1, -0.05) is 141 Å². The number of carbonyl (C=O) groups is 5. The van der Waals surface area contributed by atoms with Crippen molar-refractivity contribution in [1.82, 2.24) is 16.0 Å². The predicted molar refractivity (Wildman–Crippen MR) is 250 cm³/mol. The second-order valence-electron chi connectivity index (χ2n) is 16.2. The van der Waals surface area contributed by atoms with E-state index in [1.54, 1.807) is 0 Å². The monoisotopic (exact) mass is 915 g/mol. The van der Waals surface area contributed by atoms with Crippen molar-refractivity contribution in [2.45, 2.75) is 200 Å². The maximum atomic E-state index is 12.8. The molecule has 2 atom stereocenters. The summed E-state index contributed by atoms with van der Waals surface area (Å²) in [5.74, 6) is -2.72. The van der Waals surface area contributed by atoms with Crippen LogP contribution in [-0.4, -0.2) is 86.7 Å². The quantitative estimate of drug-likeness (QED) is 0.0167. The molecular formula is C47H87N4O11P. The molecule has 3 amide bonds. The van der Waals surface area contributed by atoms with E-state index in [1.165, 1.54) is 77.0 Å². The number of phosphoric acid groups is 1. The van der Waals surface area contributed by atoms with Crippen molar-refractivity contribution >= 4 is 37.5 Å². The van der Waals surface area contributed by atoms with Crippen molar-refractivity contribution in [2.24, 2.45) is 5.73 Å². The van der Waals surface area contributed by atoms with E-state index in [9.17, 15) is 33.4 Å². The Morgan fingerprint density at radius 1 is 0.540 bits per heavy atom. The second kappa shape index (κ2) is 44.1. The molecule has 0 aliphatic rings. The number of ether oxygens (including phenoxy) is 2. The standard InChI is InChI=1S/C47H87N4O11P/c1-3-5-7-9-11-13-15-17-19-21-23-25-27-29-31-33-46(55)59-40-42(62-47(56)34-32-30-28-26-24-22-20-18-16-14-12-10-8-6-4-2)41-61-63(57,58)60-36-35-49-44(53)38-51-45(54)39-50-43(52)37-48/h17-20,42H,3-16,21-41,48H2,1-2H3,(H,49,53)(H,50,52)(H,51,54)(H,57,58)/b19-17-,20-18-. The van der Waals surface area contributed by atoms with E-state index in [4.69, 9.17) is 24.3 Å². The van der Waals surface area contributed by atoms with E-state index in [1.807, 2.05) is 0 Å². The summed E-state index contributed by atoms with van der Waals surface area (Å²) in [6.07, 6.45) is 37.9. The van der Waals surface area contributed by atoms with Gasteiger partial charge in [0.2, 0.25) is 17.7 Å². The fraction of sp³-hybridized carbons (Fsp3) is 0.809. The topological polar surface area (TPSA) is 222 Å². The summed E-state index contributed by atoms with van der Waals surface area (Å²) in [4.78, 5) is 70.4. The lowest BCUT2D eigenvalue weighted by molar-refractivity contribution is -0.161. The van der Waals surface area contributed by atoms with Crippen LogP contribution in [-0.2, 0) is 47.1 Å². The van der Waals surface area contributed by atoms with Crippen LogP contribution in [0.2, 0.25) is 0 Å². The molecule has 0 rings (SSSR count). The van der Waals surface area contributed by atoms with Gasteiger partial charge in [-0.2, -0.15) is 0 Å². The molecule has 63 heavy (non-hydrogen) atoms. The Morgan fingerprint density at radius 3 is 1.43 bits per heavy atom. The first-order valence-electron chi connectivity index (χ1n) is 24.3. The maximum absolute atomic E-state index is 12.8. The zero-order chi connectivity index (χ0) is 46.5. The maximum Gasteiger partial charge on any atom is 0.472 e. The van der Waals surface area contributed by atoms with Crippen LogP contribution in [0.3, 0.4) is 0 Å². The molecule has 0 aliphatic heterocycles. The summed E-state index contributed by atoms with van der Waals surface area (Å²) in [6, 6.07) is 0. The highest BCUT2D eigenvalue weighted by Crippen LogP contribution is 2.43. The number of esters is 2. The fourth-order valence-electron chi connectivity index (χ4n) is 6.42. The molecule has 0 saturated carbocycles. The number of nitrogens with one attached hydrogen (secondary N) is 3. The Bertz CT molecular complexity index is 1280. The zero-order valence-electron chi connectivity index (χ0n) is 39.2. The van der Waals surface area contributed by atoms with Crippen LogP contribution in [0, 0.1) is 0 Å². The molecule has 0 spiro atoms. The average Bonchev–Trinajstić information content (AvgIpc) is 3.27. The highest BCUT2D eigenvalue weighted by Gasteiger charge is 2.26. The molecule has 2 unspecified atom stereocenters. The molecule has 15 nitrogen and oxygen atoms in total. The molecule has 0 aromatic carbocycles. The average molecular weight is 915 g/mol. The van der Waals surface area contributed by atoms with E-state index in [-0.39, 0.29) is 39.1 Å². The number of unbranched alkanes of at least 4 members (excludes halogenated alkanes) is 22. The van der Waals surface area contributed by atoms with Crippen molar-refractivity contribution in [3.8, 4) is 0 Å². The highest BCUT2D eigenvalue weighted by atomic mass is 31.2. The Hall–Kier alpha value is -3.10. The van der Waals surface area contributed by atoms with E-state index in [0.29, 0.717) is 12.8 Å². The van der Waals surface area contributed by atoms with Crippen molar-refractivity contribution in [2.75, 3.05) is 46.0 Å². The second-order valence-corrected chi connectivity index (χ2v) is 17.6. The molecule has 0 radical (unpaired) electrons. The molecule has 6 N–H and O–H groups in total. The van der Waals surface area contributed by atoms with Gasteiger partial charge in [-0.05, 0) is 64.2 Å². The number of hydrogen-bond donors (Lipinski definition) is 5. The number of carbonyl (C=O) groups excluding carboxylic acids is 5. The van der Waals surface area contributed by atoms with E-state index >= 15 is 0 Å². The van der Waals surface area contributed by atoms with Gasteiger partial charge in [0.15, 0.2) is 6.10 Å². The van der Waals surface area contributed by atoms with Crippen LogP contribution in [0.5, 0.6) is 0 Å². The third-order valence-corrected chi connectivity index (χ3v) is 11.2. The van der Waals surface area contributed by atoms with Gasteiger partial charge in [-0.25, -0.2) is 4.57 Å². The Labute approximate surface area is 380 Å². The normalized spacial score (nSPS) is 12.9. The zero-order valence-corrected chi connectivity index (χ0v) is 40.1. The summed E-state index contributed by atoms with van der Waals surface area (Å²) in [6.45, 7) is 1.94. The summed E-state index contributed by atoms with van der Waals surface area (Å²) in [5.41, 5.74) is 5.15. The molecule has 16 heteroatoms. The van der Waals surface area contributed by atoms with Gasteiger partial charge in [-0.15, -0.1) is 0 Å². The first-order chi connectivity index (χ1) is 30.5. The lowest BCUT2D eigenvalue weighted by atomic mass is 10.1. The molecule has 0 aromatic rings. The number of hydrogen-bond acceptors (Lipinski definition) is 11. The van der Waals surface area contributed by atoms with Gasteiger partial charge in [0.25, 0.3) is 0 Å². The van der Waals surface area contributed by atoms with Crippen LogP contribution in [0.15, 0.2) is 24.3 Å².